The lowest BCUT2D eigenvalue weighted by Crippen LogP contribution is -2.61. The van der Waals surface area contributed by atoms with Gasteiger partial charge in [0.05, 0.1) is 19.3 Å². The van der Waals surface area contributed by atoms with Crippen LogP contribution in [0.4, 0.5) is 0 Å². The molecular weight excluding hydrogens is 1330 g/mol. The van der Waals surface area contributed by atoms with E-state index in [0.717, 1.165) is 0 Å². The molecule has 0 unspecified atom stereocenters. The van der Waals surface area contributed by atoms with Crippen molar-refractivity contribution in [2.75, 3.05) is 55.6 Å². The Morgan fingerprint density at radius 2 is 0.663 bits per heavy atom. The molecule has 0 saturated heterocycles. The number of carboxylic acids is 3. The molecule has 0 bridgehead atoms. The first-order valence-corrected chi connectivity index (χ1v) is 33.3. The monoisotopic (exact) mass is 1430 g/mol. The quantitative estimate of drug-likeness (QED) is 0.0116. The zero-order chi connectivity index (χ0) is 72.7. The minimum Gasteiger partial charge on any atom is -0.481 e. The van der Waals surface area contributed by atoms with Crippen LogP contribution in [0.15, 0.2) is 9.98 Å². The number of aliphatic imine (C=N–C) groups is 2. The molecular formula is C54H96N18O19S4. The number of guanidine groups is 2. The van der Waals surface area contributed by atoms with E-state index in [2.05, 4.69) is 106 Å². The van der Waals surface area contributed by atoms with Crippen molar-refractivity contribution in [3.05, 3.63) is 0 Å². The first-order valence-electron chi connectivity index (χ1n) is 30.0. The van der Waals surface area contributed by atoms with E-state index in [9.17, 15) is 92.7 Å². The number of aliphatic hydroxyl groups is 2. The Bertz CT molecular complexity index is 2640. The van der Waals surface area contributed by atoms with Crippen LogP contribution < -0.4 is 87.2 Å². The fraction of sp³-hybridized carbons (Fsp3) is 0.704. The maximum atomic E-state index is 14.4. The number of aliphatic carboxylic acids is 3. The van der Waals surface area contributed by atoms with E-state index in [1.807, 2.05) is 0 Å². The molecule has 0 aliphatic carbocycles. The molecule has 0 aromatic heterocycles. The average molecular weight is 1430 g/mol. The summed E-state index contributed by atoms with van der Waals surface area (Å²) in [6.07, 6.45) is -1.47. The molecule has 0 fully saturated rings. The molecule has 0 aliphatic rings. The topological polar surface area (TPSA) is 627 Å². The summed E-state index contributed by atoms with van der Waals surface area (Å²) in [5.41, 5.74) is 27.6. The largest absolute Gasteiger partial charge is 0.481 e. The minimum atomic E-state index is -1.83. The van der Waals surface area contributed by atoms with Gasteiger partial charge in [0.1, 0.15) is 66.5 Å². The third-order valence-electron chi connectivity index (χ3n) is 13.4. The molecule has 540 valence electrons. The Hall–Kier alpha value is -7.60. The van der Waals surface area contributed by atoms with Gasteiger partial charge in [-0.1, -0.05) is 27.7 Å². The van der Waals surface area contributed by atoms with Gasteiger partial charge in [-0.15, -0.1) is 0 Å². The number of rotatable bonds is 49. The van der Waals surface area contributed by atoms with Crippen LogP contribution in [0.2, 0.25) is 0 Å². The molecule has 41 heteroatoms. The second-order valence-electron chi connectivity index (χ2n) is 22.3. The summed E-state index contributed by atoms with van der Waals surface area (Å²) in [5, 5.41) is 75.2. The number of thiol groups is 3. The van der Waals surface area contributed by atoms with Crippen LogP contribution in [0.3, 0.4) is 0 Å². The van der Waals surface area contributed by atoms with Crippen molar-refractivity contribution in [3.63, 3.8) is 0 Å². The third kappa shape index (κ3) is 36.2. The molecule has 0 spiro atoms. The summed E-state index contributed by atoms with van der Waals surface area (Å²) in [7, 11) is 0. The van der Waals surface area contributed by atoms with Gasteiger partial charge in [-0.05, 0) is 81.6 Å². The molecule has 37 nitrogen and oxygen atoms in total. The van der Waals surface area contributed by atoms with Gasteiger partial charge in [-0.2, -0.15) is 49.6 Å². The van der Waals surface area contributed by atoms with Gasteiger partial charge in [0.25, 0.3) is 0 Å². The molecule has 0 aromatic rings. The Balaban J connectivity index is 7.01. The number of hydrogen-bond donors (Lipinski definition) is 24. The van der Waals surface area contributed by atoms with E-state index in [4.69, 9.17) is 28.7 Å². The van der Waals surface area contributed by atoms with Crippen LogP contribution in [-0.2, 0) is 67.1 Å². The SMILES string of the molecule is CSCC[C@H](NC(=O)[C@H](CO)NC(=O)[C@H](CS)NC(=O)[C@H](CCC(=O)O)NC(=O)[C@H](CCCN=C(N)N)NC(=O)[C@H](CC(C)C)NC(=O)[C@H](CCCN=C(N)N)NC(=O)[C@H](CO)NC(=O)[C@H](CCC(=O)O)NC(=O)[C@@H](N)CS)C(=O)N[C@@H](CC(C)C)C(=O)N[C@@H](CS)C(=O)O. The van der Waals surface area contributed by atoms with E-state index < -0.39 is 200 Å². The van der Waals surface area contributed by atoms with Crippen molar-refractivity contribution in [3.8, 4) is 0 Å². The lowest BCUT2D eigenvalue weighted by molar-refractivity contribution is -0.142. The molecule has 12 atom stereocenters. The highest BCUT2D eigenvalue weighted by Gasteiger charge is 2.37. The average Bonchev–Trinajstić information content (AvgIpc) is 0.902. The number of aliphatic hydroxyl groups excluding tert-OH is 2. The highest BCUT2D eigenvalue weighted by molar-refractivity contribution is 7.98. The van der Waals surface area contributed by atoms with Gasteiger partial charge in [-0.25, -0.2) is 4.79 Å². The van der Waals surface area contributed by atoms with E-state index >= 15 is 0 Å². The number of amides is 11. The van der Waals surface area contributed by atoms with Gasteiger partial charge >= 0.3 is 17.9 Å². The van der Waals surface area contributed by atoms with Gasteiger partial charge in [0, 0.05) is 43.2 Å². The summed E-state index contributed by atoms with van der Waals surface area (Å²) in [4.78, 5) is 194. The Kier molecular flexibility index (Phi) is 43.5. The zero-order valence-corrected chi connectivity index (χ0v) is 57.0. The van der Waals surface area contributed by atoms with Gasteiger partial charge in [0.2, 0.25) is 65.0 Å². The maximum Gasteiger partial charge on any atom is 0.327 e. The van der Waals surface area contributed by atoms with Crippen LogP contribution >= 0.6 is 49.6 Å². The lowest BCUT2D eigenvalue weighted by Gasteiger charge is -2.28. The summed E-state index contributed by atoms with van der Waals surface area (Å²) in [5.74, 6) is -17.5. The Morgan fingerprint density at radius 1 is 0.389 bits per heavy atom. The van der Waals surface area contributed by atoms with Crippen LogP contribution in [-0.4, -0.2) is 248 Å². The molecule has 0 saturated carbocycles. The van der Waals surface area contributed by atoms with Crippen molar-refractivity contribution in [2.24, 2.45) is 50.5 Å². The molecule has 0 aliphatic heterocycles. The highest BCUT2D eigenvalue weighted by Crippen LogP contribution is 2.13. The number of carbonyl (C=O) groups is 14. The first-order chi connectivity index (χ1) is 44.6. The van der Waals surface area contributed by atoms with Crippen LogP contribution in [0.25, 0.3) is 0 Å². The molecule has 0 heterocycles. The number of hydrogen-bond acceptors (Lipinski definition) is 23. The van der Waals surface area contributed by atoms with Crippen molar-refractivity contribution in [1.82, 2.24) is 58.5 Å². The number of carbonyl (C=O) groups excluding carboxylic acids is 11. The van der Waals surface area contributed by atoms with Crippen molar-refractivity contribution in [2.45, 2.75) is 171 Å². The predicted octanol–water partition coefficient (Wildman–Crippen LogP) is -7.81. The van der Waals surface area contributed by atoms with E-state index in [-0.39, 0.29) is 99.0 Å². The van der Waals surface area contributed by atoms with Crippen LogP contribution in [0, 0.1) is 11.8 Å². The standard InChI is InChI=1S/C54H96N18O19S4/c1-25(2)18-33(67-43(81)29(9-7-16-61-54(58)59)64-49(87)35(20-73)69-44(82)30(10-12-39(75)76)62-41(79)27(55)22-92)47(85)63-28(8-6-15-60-53(56)57)42(80)65-31(11-13-40(77)78)45(83)71-37(23-93)51(89)70-36(21-74)50(88)66-32(14-17-95-5)46(84)68-34(19-26(3)4)48(86)72-38(24-94)52(90)91/h25-38,73-74,92-94H,6-24,55H2,1-5H3,(H,62,79)(H,63,85)(H,64,87)(H,65,80)(H,66,88)(H,67,81)(H,68,84)(H,69,82)(H,70,89)(H,71,83)(H,72,86)(H,75,76)(H,77,78)(H,90,91)(H4,56,57,60)(H4,58,59,61)/t27-,28-,29-,30-,31-,32-,33-,34-,35-,36-,37-,38-/m0/s1. The van der Waals surface area contributed by atoms with Gasteiger partial charge in [0.15, 0.2) is 11.9 Å². The molecule has 0 radical (unpaired) electrons. The minimum absolute atomic E-state index is 0.0000163. The van der Waals surface area contributed by atoms with Crippen molar-refractivity contribution in [1.29, 1.82) is 0 Å². The fourth-order valence-corrected chi connectivity index (χ4v) is 9.52. The van der Waals surface area contributed by atoms with E-state index in [1.54, 1.807) is 34.0 Å². The molecule has 95 heavy (non-hydrogen) atoms. The predicted molar refractivity (Wildman–Crippen MR) is 358 cm³/mol. The smallest absolute Gasteiger partial charge is 0.327 e. The highest BCUT2D eigenvalue weighted by atomic mass is 32.2. The second-order valence-corrected chi connectivity index (χ2v) is 24.4. The summed E-state index contributed by atoms with van der Waals surface area (Å²) in [6, 6.07) is -18.7. The van der Waals surface area contributed by atoms with Crippen LogP contribution in [0.1, 0.15) is 98.3 Å². The van der Waals surface area contributed by atoms with E-state index in [0.29, 0.717) is 0 Å². The number of thioether (sulfide) groups is 1. The number of nitrogens with two attached hydrogens (primary N) is 5. The van der Waals surface area contributed by atoms with Crippen molar-refractivity contribution < 1.29 is 92.7 Å². The second kappa shape index (κ2) is 47.3. The van der Waals surface area contributed by atoms with Gasteiger partial charge < -0.3 is 113 Å². The lowest BCUT2D eigenvalue weighted by atomic mass is 10.0. The molecule has 11 amide bonds. The van der Waals surface area contributed by atoms with Crippen molar-refractivity contribution >= 4 is 144 Å². The number of carboxylic acid groups (broad SMARTS) is 3. The third-order valence-corrected chi connectivity index (χ3v) is 15.2. The summed E-state index contributed by atoms with van der Waals surface area (Å²) in [6.45, 7) is 4.46. The summed E-state index contributed by atoms with van der Waals surface area (Å²) >= 11 is 13.3. The number of nitrogens with zero attached hydrogens (tertiary/aromatic N) is 2. The van der Waals surface area contributed by atoms with Gasteiger partial charge in [-0.3, -0.25) is 72.3 Å². The zero-order valence-electron chi connectivity index (χ0n) is 53.5. The summed E-state index contributed by atoms with van der Waals surface area (Å²) < 4.78 is 0. The normalized spacial score (nSPS) is 14.8. The Labute approximate surface area is 569 Å². The maximum absolute atomic E-state index is 14.4. The molecule has 0 rings (SSSR count). The molecule has 0 aromatic carbocycles. The fourth-order valence-electron chi connectivity index (χ4n) is 8.38. The van der Waals surface area contributed by atoms with Crippen LogP contribution in [0.5, 0.6) is 0 Å². The number of nitrogens with one attached hydrogen (secondary N) is 11. The van der Waals surface area contributed by atoms with E-state index in [1.165, 1.54) is 11.8 Å². The molecule has 26 N–H and O–H groups in total. The first kappa shape index (κ1) is 87.4. The Morgan fingerprint density at radius 3 is 0.958 bits per heavy atom.